The van der Waals surface area contributed by atoms with Crippen molar-refractivity contribution in [2.24, 2.45) is 23.7 Å². The summed E-state index contributed by atoms with van der Waals surface area (Å²) in [6, 6.07) is 10.2. The van der Waals surface area contributed by atoms with Crippen LogP contribution in [-0.4, -0.2) is 30.6 Å². The Balaban J connectivity index is 1.17. The molecule has 4 saturated carbocycles. The number of hydrogen-bond acceptors (Lipinski definition) is 3. The predicted octanol–water partition coefficient (Wildman–Crippen LogP) is 2.74. The van der Waals surface area contributed by atoms with E-state index in [1.54, 1.807) is 0 Å². The van der Waals surface area contributed by atoms with Crippen LogP contribution in [0.4, 0.5) is 0 Å². The second-order valence-electron chi connectivity index (χ2n) is 8.71. The van der Waals surface area contributed by atoms with Gasteiger partial charge in [0, 0.05) is 19.0 Å². The summed E-state index contributed by atoms with van der Waals surface area (Å²) >= 11 is 0. The third-order valence-corrected chi connectivity index (χ3v) is 6.99. The number of hydrogen-bond donors (Lipinski definition) is 2. The predicted molar refractivity (Wildman–Crippen MR) is 96.2 cm³/mol. The molecule has 1 aromatic rings. The molecule has 4 heteroatoms. The summed E-state index contributed by atoms with van der Waals surface area (Å²) in [5.74, 6) is 4.44. The van der Waals surface area contributed by atoms with Crippen LogP contribution in [0.3, 0.4) is 0 Å². The van der Waals surface area contributed by atoms with Crippen molar-refractivity contribution in [3.05, 3.63) is 30.3 Å². The van der Waals surface area contributed by atoms with E-state index in [2.05, 4.69) is 10.6 Å². The number of nitrogens with one attached hydrogen (secondary N) is 2. The fourth-order valence-corrected chi connectivity index (χ4v) is 6.11. The Morgan fingerprint density at radius 3 is 2.32 bits per heavy atom. The molecule has 5 aliphatic rings. The van der Waals surface area contributed by atoms with E-state index < -0.39 is 0 Å². The molecule has 4 aliphatic carbocycles. The van der Waals surface area contributed by atoms with Crippen LogP contribution in [0.5, 0.6) is 5.75 Å². The molecular weight excluding hydrogens is 312 g/mol. The third-order valence-electron chi connectivity index (χ3n) is 6.99. The largest absolute Gasteiger partial charge is 0.489 e. The SMILES string of the molecule is O=C(NC1C2CC3CC(C2)CC1C3)[C@@H]1C[C@H](Oc2ccccc2)CN1. The standard InChI is InChI=1S/C21H28N2O2/c24-21(19-11-18(12-22-19)25-17-4-2-1-3-5-17)23-20-15-7-13-6-14(9-15)10-16(20)8-13/h1-5,13-16,18-20,22H,6-12H2,(H,23,24)/t13?,14?,15?,16?,18-,19-,20?/m0/s1. The molecule has 0 radical (unpaired) electrons. The molecule has 4 nitrogen and oxygen atoms in total. The number of benzene rings is 1. The van der Waals surface area contributed by atoms with Crippen molar-refractivity contribution < 1.29 is 9.53 Å². The zero-order chi connectivity index (χ0) is 16.8. The van der Waals surface area contributed by atoms with Gasteiger partial charge >= 0.3 is 0 Å². The molecule has 0 unspecified atom stereocenters. The molecule has 1 amide bonds. The first-order valence-electron chi connectivity index (χ1n) is 10.00. The molecule has 4 bridgehead atoms. The van der Waals surface area contributed by atoms with Crippen LogP contribution in [-0.2, 0) is 4.79 Å². The van der Waals surface area contributed by atoms with Gasteiger partial charge in [0.2, 0.25) is 5.91 Å². The Morgan fingerprint density at radius 2 is 1.64 bits per heavy atom. The number of amides is 1. The maximum atomic E-state index is 12.8. The molecule has 1 heterocycles. The molecule has 5 fully saturated rings. The van der Waals surface area contributed by atoms with Gasteiger partial charge in [-0.3, -0.25) is 4.79 Å². The summed E-state index contributed by atoms with van der Waals surface area (Å²) in [6.45, 7) is 0.745. The molecule has 0 aromatic heterocycles. The minimum absolute atomic E-state index is 0.0802. The molecule has 25 heavy (non-hydrogen) atoms. The average Bonchev–Trinajstić information content (AvgIpc) is 3.07. The molecule has 1 aliphatic heterocycles. The first-order chi connectivity index (χ1) is 12.2. The van der Waals surface area contributed by atoms with Gasteiger partial charge in [-0.25, -0.2) is 0 Å². The van der Waals surface area contributed by atoms with Crippen molar-refractivity contribution in [3.63, 3.8) is 0 Å². The number of rotatable bonds is 4. The summed E-state index contributed by atoms with van der Waals surface area (Å²) in [4.78, 5) is 12.8. The van der Waals surface area contributed by atoms with Crippen molar-refractivity contribution in [2.45, 2.75) is 56.7 Å². The van der Waals surface area contributed by atoms with Crippen LogP contribution in [0.1, 0.15) is 38.5 Å². The highest BCUT2D eigenvalue weighted by Crippen LogP contribution is 2.53. The van der Waals surface area contributed by atoms with Crippen LogP contribution in [0.2, 0.25) is 0 Å². The van der Waals surface area contributed by atoms with E-state index in [1.165, 1.54) is 32.1 Å². The Hall–Kier alpha value is -1.55. The highest BCUT2D eigenvalue weighted by Gasteiger charge is 2.49. The van der Waals surface area contributed by atoms with Crippen molar-refractivity contribution in [3.8, 4) is 5.75 Å². The lowest BCUT2D eigenvalue weighted by Gasteiger charge is -2.54. The number of carbonyl (C=O) groups is 1. The van der Waals surface area contributed by atoms with Gasteiger partial charge in [0.1, 0.15) is 11.9 Å². The van der Waals surface area contributed by atoms with Crippen LogP contribution < -0.4 is 15.4 Å². The van der Waals surface area contributed by atoms with Crippen molar-refractivity contribution >= 4 is 5.91 Å². The normalized spacial score (nSPS) is 41.7. The molecule has 2 N–H and O–H groups in total. The second kappa shape index (κ2) is 6.31. The topological polar surface area (TPSA) is 50.4 Å². The first-order valence-corrected chi connectivity index (χ1v) is 10.00. The van der Waals surface area contributed by atoms with Gasteiger partial charge in [-0.1, -0.05) is 18.2 Å². The maximum absolute atomic E-state index is 12.8. The molecule has 0 spiro atoms. The van der Waals surface area contributed by atoms with Crippen molar-refractivity contribution in [1.82, 2.24) is 10.6 Å². The Kier molecular flexibility index (Phi) is 3.96. The zero-order valence-electron chi connectivity index (χ0n) is 14.7. The van der Waals surface area contributed by atoms with E-state index in [0.717, 1.165) is 42.4 Å². The summed E-state index contributed by atoms with van der Waals surface area (Å²) < 4.78 is 6.00. The summed E-state index contributed by atoms with van der Waals surface area (Å²) in [6.07, 6.45) is 7.67. The quantitative estimate of drug-likeness (QED) is 0.886. The molecule has 6 rings (SSSR count). The average molecular weight is 340 g/mol. The van der Waals surface area contributed by atoms with E-state index in [-0.39, 0.29) is 18.1 Å². The van der Waals surface area contributed by atoms with Crippen molar-refractivity contribution in [2.75, 3.05) is 6.54 Å². The van der Waals surface area contributed by atoms with Gasteiger partial charge in [0.05, 0.1) is 6.04 Å². The molecule has 2 atom stereocenters. The number of para-hydroxylation sites is 1. The van der Waals surface area contributed by atoms with Gasteiger partial charge in [-0.15, -0.1) is 0 Å². The zero-order valence-corrected chi connectivity index (χ0v) is 14.7. The van der Waals surface area contributed by atoms with Crippen LogP contribution in [0.15, 0.2) is 30.3 Å². The highest BCUT2D eigenvalue weighted by atomic mass is 16.5. The molecule has 1 aromatic carbocycles. The minimum Gasteiger partial charge on any atom is -0.489 e. The lowest BCUT2D eigenvalue weighted by Crippen LogP contribution is -2.58. The first kappa shape index (κ1) is 15.7. The minimum atomic E-state index is -0.106. The lowest BCUT2D eigenvalue weighted by molar-refractivity contribution is -0.126. The summed E-state index contributed by atoms with van der Waals surface area (Å²) in [5.41, 5.74) is 0. The van der Waals surface area contributed by atoms with Crippen LogP contribution in [0, 0.1) is 23.7 Å². The molecule has 134 valence electrons. The van der Waals surface area contributed by atoms with Crippen molar-refractivity contribution in [1.29, 1.82) is 0 Å². The van der Waals surface area contributed by atoms with E-state index in [4.69, 9.17) is 4.74 Å². The lowest BCUT2D eigenvalue weighted by atomic mass is 9.54. The molecular formula is C21H28N2O2. The van der Waals surface area contributed by atoms with E-state index in [0.29, 0.717) is 6.04 Å². The smallest absolute Gasteiger partial charge is 0.237 e. The number of ether oxygens (including phenoxy) is 1. The highest BCUT2D eigenvalue weighted by molar-refractivity contribution is 5.82. The van der Waals surface area contributed by atoms with Gasteiger partial charge in [-0.05, 0) is 67.9 Å². The van der Waals surface area contributed by atoms with E-state index in [9.17, 15) is 4.79 Å². The third kappa shape index (κ3) is 3.05. The van der Waals surface area contributed by atoms with E-state index in [1.807, 2.05) is 30.3 Å². The second-order valence-corrected chi connectivity index (χ2v) is 8.71. The fraction of sp³-hybridized carbons (Fsp3) is 0.667. The van der Waals surface area contributed by atoms with E-state index >= 15 is 0 Å². The van der Waals surface area contributed by atoms with Gasteiger partial charge < -0.3 is 15.4 Å². The fourth-order valence-electron chi connectivity index (χ4n) is 6.11. The van der Waals surface area contributed by atoms with Gasteiger partial charge in [-0.2, -0.15) is 0 Å². The molecule has 1 saturated heterocycles. The van der Waals surface area contributed by atoms with Gasteiger partial charge in [0.15, 0.2) is 0 Å². The Morgan fingerprint density at radius 1 is 0.960 bits per heavy atom. The Bertz CT molecular complexity index is 604. The number of carbonyl (C=O) groups excluding carboxylic acids is 1. The van der Waals surface area contributed by atoms with Gasteiger partial charge in [0.25, 0.3) is 0 Å². The van der Waals surface area contributed by atoms with Crippen LogP contribution >= 0.6 is 0 Å². The summed E-state index contributed by atoms with van der Waals surface area (Å²) in [7, 11) is 0. The van der Waals surface area contributed by atoms with Crippen LogP contribution in [0.25, 0.3) is 0 Å². The maximum Gasteiger partial charge on any atom is 0.237 e. The Labute approximate surface area is 149 Å². The monoisotopic (exact) mass is 340 g/mol. The summed E-state index contributed by atoms with van der Waals surface area (Å²) in [5, 5.41) is 6.79.